The molecule has 0 aliphatic heterocycles. The van der Waals surface area contributed by atoms with E-state index in [4.69, 9.17) is 9.68 Å². The summed E-state index contributed by atoms with van der Waals surface area (Å²) in [5.74, 6) is -2.35. The topological polar surface area (TPSA) is 105 Å². The molecule has 0 aliphatic carbocycles. The molecule has 0 unspecified atom stereocenters. The fourth-order valence-corrected chi connectivity index (χ4v) is 1.95. The summed E-state index contributed by atoms with van der Waals surface area (Å²) in [7, 11) is 2.83. The van der Waals surface area contributed by atoms with E-state index < -0.39 is 11.9 Å². The van der Waals surface area contributed by atoms with Crippen molar-refractivity contribution in [1.82, 2.24) is 0 Å². The number of carboxylic acids is 2. The number of hydroxylamine groups is 2. The smallest absolute Gasteiger partial charge is 0.0851 e. The molecule has 0 atom stereocenters. The van der Waals surface area contributed by atoms with E-state index in [9.17, 15) is 19.8 Å². The molecular weight excluding hydrogens is 340 g/mol. The van der Waals surface area contributed by atoms with Crippen LogP contribution in [0.2, 0.25) is 0 Å². The van der Waals surface area contributed by atoms with E-state index in [1.165, 1.54) is 24.3 Å². The molecular formula is C18H20N2O6-2. The second kappa shape index (κ2) is 11.5. The number of carbonyl (C=O) groups excluding carboxylic acids is 2. The Hall–Kier alpha value is -3.10. The molecule has 8 heteroatoms. The Bertz CT molecular complexity index is 606. The van der Waals surface area contributed by atoms with Crippen molar-refractivity contribution in [3.8, 4) is 0 Å². The summed E-state index contributed by atoms with van der Waals surface area (Å²) in [4.78, 5) is 30.3. The van der Waals surface area contributed by atoms with E-state index in [0.29, 0.717) is 11.4 Å². The van der Waals surface area contributed by atoms with Crippen LogP contribution in [0.25, 0.3) is 0 Å². The van der Waals surface area contributed by atoms with Crippen molar-refractivity contribution in [2.24, 2.45) is 0 Å². The molecule has 0 aliphatic rings. The summed E-state index contributed by atoms with van der Waals surface area (Å²) in [5, 5.41) is 23.1. The van der Waals surface area contributed by atoms with E-state index in [-0.39, 0.29) is 13.1 Å². The first kappa shape index (κ1) is 20.9. The second-order valence-electron chi connectivity index (χ2n) is 4.85. The summed E-state index contributed by atoms with van der Waals surface area (Å²) in [6, 6.07) is 17.9. The van der Waals surface area contributed by atoms with Gasteiger partial charge in [-0.2, -0.15) is 0 Å². The molecule has 26 heavy (non-hydrogen) atoms. The van der Waals surface area contributed by atoms with Crippen LogP contribution < -0.4 is 20.3 Å². The first-order valence-electron chi connectivity index (χ1n) is 7.61. The molecule has 0 heterocycles. The van der Waals surface area contributed by atoms with Crippen LogP contribution in [0.15, 0.2) is 60.7 Å². The van der Waals surface area contributed by atoms with E-state index in [2.05, 4.69) is 0 Å². The summed E-state index contributed by atoms with van der Waals surface area (Å²) in [6.45, 7) is -0.555. The van der Waals surface area contributed by atoms with Crippen molar-refractivity contribution in [2.75, 3.05) is 37.4 Å². The van der Waals surface area contributed by atoms with Gasteiger partial charge in [0.2, 0.25) is 0 Å². The zero-order valence-corrected chi connectivity index (χ0v) is 14.5. The lowest BCUT2D eigenvalue weighted by Gasteiger charge is -2.21. The highest BCUT2D eigenvalue weighted by molar-refractivity contribution is 5.71. The highest BCUT2D eigenvalue weighted by atomic mass is 16.7. The van der Waals surface area contributed by atoms with Crippen molar-refractivity contribution < 1.29 is 29.5 Å². The van der Waals surface area contributed by atoms with E-state index >= 15 is 0 Å². The average Bonchev–Trinajstić information content (AvgIpc) is 2.66. The predicted molar refractivity (Wildman–Crippen MR) is 91.6 cm³/mol. The number of carbonyl (C=O) groups is 2. The maximum absolute atomic E-state index is 10.3. The zero-order valence-electron chi connectivity index (χ0n) is 14.5. The molecule has 140 valence electrons. The minimum Gasteiger partial charge on any atom is -0.548 e. The largest absolute Gasteiger partial charge is 0.548 e. The fraction of sp³-hybridized carbons (Fsp3) is 0.222. The molecule has 2 aromatic rings. The molecule has 0 bridgehead atoms. The highest BCUT2D eigenvalue weighted by Crippen LogP contribution is 2.12. The molecule has 0 spiro atoms. The third kappa shape index (κ3) is 7.65. The lowest BCUT2D eigenvalue weighted by atomic mass is 10.3. The maximum Gasteiger partial charge on any atom is 0.0851 e. The molecule has 0 fully saturated rings. The fourth-order valence-electron chi connectivity index (χ4n) is 1.95. The normalized spacial score (nSPS) is 9.62. The molecule has 2 aromatic carbocycles. The van der Waals surface area contributed by atoms with Gasteiger partial charge in [0.1, 0.15) is 0 Å². The summed E-state index contributed by atoms with van der Waals surface area (Å²) < 4.78 is 0. The van der Waals surface area contributed by atoms with Crippen molar-refractivity contribution in [2.45, 2.75) is 0 Å². The Morgan fingerprint density at radius 1 is 0.731 bits per heavy atom. The SMILES string of the molecule is CON(CC(=O)[O-])c1ccccc1.CON(CC(=O)[O-])c1ccccc1. The van der Waals surface area contributed by atoms with E-state index in [1.807, 2.05) is 12.1 Å². The number of benzene rings is 2. The van der Waals surface area contributed by atoms with Crippen LogP contribution in [-0.4, -0.2) is 39.2 Å². The van der Waals surface area contributed by atoms with Gasteiger partial charge in [-0.25, -0.2) is 10.1 Å². The monoisotopic (exact) mass is 360 g/mol. The van der Waals surface area contributed by atoms with Crippen molar-refractivity contribution in [1.29, 1.82) is 0 Å². The van der Waals surface area contributed by atoms with Crippen LogP contribution in [-0.2, 0) is 19.3 Å². The first-order chi connectivity index (χ1) is 12.5. The Labute approximate surface area is 151 Å². The van der Waals surface area contributed by atoms with Crippen molar-refractivity contribution >= 4 is 23.3 Å². The number of nitrogens with zero attached hydrogens (tertiary/aromatic N) is 2. The minimum atomic E-state index is -1.18. The van der Waals surface area contributed by atoms with Gasteiger partial charge in [0.05, 0.1) is 50.6 Å². The van der Waals surface area contributed by atoms with Crippen LogP contribution in [0.5, 0.6) is 0 Å². The van der Waals surface area contributed by atoms with Crippen LogP contribution in [0.4, 0.5) is 11.4 Å². The van der Waals surface area contributed by atoms with Crippen molar-refractivity contribution in [3.05, 3.63) is 60.7 Å². The molecule has 8 nitrogen and oxygen atoms in total. The van der Waals surface area contributed by atoms with Gasteiger partial charge >= 0.3 is 0 Å². The number of para-hydroxylation sites is 2. The van der Waals surface area contributed by atoms with Gasteiger partial charge in [0.25, 0.3) is 0 Å². The number of hydrogen-bond donors (Lipinski definition) is 0. The van der Waals surface area contributed by atoms with Crippen molar-refractivity contribution in [3.63, 3.8) is 0 Å². The number of anilines is 2. The third-order valence-corrected chi connectivity index (χ3v) is 3.07. The summed E-state index contributed by atoms with van der Waals surface area (Å²) >= 11 is 0. The van der Waals surface area contributed by atoms with Gasteiger partial charge in [0.15, 0.2) is 0 Å². The van der Waals surface area contributed by atoms with Crippen LogP contribution >= 0.6 is 0 Å². The van der Waals surface area contributed by atoms with Gasteiger partial charge in [-0.1, -0.05) is 36.4 Å². The molecule has 0 saturated heterocycles. The summed E-state index contributed by atoms with van der Waals surface area (Å²) in [5.41, 5.74) is 1.38. The Morgan fingerprint density at radius 3 is 1.27 bits per heavy atom. The number of hydrogen-bond acceptors (Lipinski definition) is 8. The van der Waals surface area contributed by atoms with Crippen LogP contribution in [0, 0.1) is 0 Å². The molecule has 0 N–H and O–H groups in total. The Balaban J connectivity index is 0.000000260. The average molecular weight is 360 g/mol. The first-order valence-corrected chi connectivity index (χ1v) is 7.61. The molecule has 0 saturated carbocycles. The van der Waals surface area contributed by atoms with E-state index in [0.717, 1.165) is 0 Å². The standard InChI is InChI=1S/2C9H11NO3/c2*1-13-10(7-9(11)12)8-5-3-2-4-6-8/h2*2-6H,7H2,1H3,(H,11,12)/p-2. The number of aliphatic carboxylic acids is 2. The van der Waals surface area contributed by atoms with Gasteiger partial charge in [-0.3, -0.25) is 9.68 Å². The molecule has 0 radical (unpaired) electrons. The van der Waals surface area contributed by atoms with E-state index in [1.54, 1.807) is 48.5 Å². The minimum absolute atomic E-state index is 0.277. The predicted octanol–water partition coefficient (Wildman–Crippen LogP) is -0.391. The highest BCUT2D eigenvalue weighted by Gasteiger charge is 2.04. The number of carboxylic acid groups (broad SMARTS) is 2. The molecule has 0 aromatic heterocycles. The van der Waals surface area contributed by atoms with Gasteiger partial charge < -0.3 is 19.8 Å². The molecule has 2 rings (SSSR count). The second-order valence-corrected chi connectivity index (χ2v) is 4.85. The van der Waals surface area contributed by atoms with Gasteiger partial charge in [0, 0.05) is 0 Å². The Morgan fingerprint density at radius 2 is 1.04 bits per heavy atom. The van der Waals surface area contributed by atoms with Gasteiger partial charge in [-0.15, -0.1) is 0 Å². The quantitative estimate of drug-likeness (QED) is 0.586. The number of rotatable bonds is 8. The lowest BCUT2D eigenvalue weighted by molar-refractivity contribution is -0.305. The Kier molecular flexibility index (Phi) is 9.23. The lowest BCUT2D eigenvalue weighted by Crippen LogP contribution is -2.37. The maximum atomic E-state index is 10.3. The van der Waals surface area contributed by atoms with Gasteiger partial charge in [-0.05, 0) is 24.3 Å². The third-order valence-electron chi connectivity index (χ3n) is 3.07. The zero-order chi connectivity index (χ0) is 19.4. The van der Waals surface area contributed by atoms with Crippen LogP contribution in [0.1, 0.15) is 0 Å². The summed E-state index contributed by atoms with van der Waals surface area (Å²) in [6.07, 6.45) is 0. The molecule has 0 amide bonds. The van der Waals surface area contributed by atoms with Crippen LogP contribution in [0.3, 0.4) is 0 Å².